The number of carbonyl (C=O) groups excluding carboxylic acids is 2. The molecule has 1 aliphatic carbocycles. The highest BCUT2D eigenvalue weighted by Crippen LogP contribution is 2.31. The molecular formula is C15H24F3N3O2. The van der Waals surface area contributed by atoms with Gasteiger partial charge in [-0.25, -0.2) is 4.79 Å². The lowest BCUT2D eigenvalue weighted by Crippen LogP contribution is -2.53. The van der Waals surface area contributed by atoms with E-state index in [9.17, 15) is 22.8 Å². The molecule has 0 aromatic rings. The maximum Gasteiger partial charge on any atom is 0.406 e. The van der Waals surface area contributed by atoms with Crippen LogP contribution in [0.2, 0.25) is 0 Å². The second-order valence-corrected chi connectivity index (χ2v) is 6.60. The largest absolute Gasteiger partial charge is 0.406 e. The molecule has 0 spiro atoms. The summed E-state index contributed by atoms with van der Waals surface area (Å²) in [6.07, 6.45) is -1.33. The molecule has 23 heavy (non-hydrogen) atoms. The van der Waals surface area contributed by atoms with E-state index in [2.05, 4.69) is 0 Å². The zero-order chi connectivity index (χ0) is 17.2. The van der Waals surface area contributed by atoms with E-state index in [1.807, 2.05) is 0 Å². The number of urea groups is 1. The van der Waals surface area contributed by atoms with Crippen LogP contribution in [0.4, 0.5) is 18.0 Å². The standard InChI is InChI=1S/C15H24F3N3O2/c1-19(2)14(23)20-8-6-11(7-9-20)13(22)21(10-15(16,17)18)12-4-3-5-12/h11-12H,3-10H2,1-2H3. The molecule has 8 heteroatoms. The summed E-state index contributed by atoms with van der Waals surface area (Å²) < 4.78 is 38.3. The van der Waals surface area contributed by atoms with Crippen LogP contribution in [0.5, 0.6) is 0 Å². The van der Waals surface area contributed by atoms with Crippen molar-refractivity contribution in [3.63, 3.8) is 0 Å². The van der Waals surface area contributed by atoms with Crippen LogP contribution >= 0.6 is 0 Å². The van der Waals surface area contributed by atoms with Crippen LogP contribution in [0.1, 0.15) is 32.1 Å². The predicted octanol–water partition coefficient (Wildman–Crippen LogP) is 2.32. The van der Waals surface area contributed by atoms with Crippen LogP contribution in [0, 0.1) is 5.92 Å². The summed E-state index contributed by atoms with van der Waals surface area (Å²) in [6.45, 7) is -0.330. The van der Waals surface area contributed by atoms with Gasteiger partial charge in [-0.2, -0.15) is 13.2 Å². The number of nitrogens with zero attached hydrogens (tertiary/aromatic N) is 3. The highest BCUT2D eigenvalue weighted by atomic mass is 19.4. The SMILES string of the molecule is CN(C)C(=O)N1CCC(C(=O)N(CC(F)(F)F)C2CCC2)CC1. The van der Waals surface area contributed by atoms with Gasteiger partial charge in [-0.15, -0.1) is 0 Å². The molecule has 1 heterocycles. The summed E-state index contributed by atoms with van der Waals surface area (Å²) >= 11 is 0. The molecule has 3 amide bonds. The van der Waals surface area contributed by atoms with Crippen molar-refractivity contribution in [1.29, 1.82) is 0 Å². The molecule has 0 radical (unpaired) electrons. The number of halogens is 3. The number of alkyl halides is 3. The third-order valence-electron chi connectivity index (χ3n) is 4.65. The third kappa shape index (κ3) is 4.51. The Kier molecular flexibility index (Phi) is 5.41. The maximum absolute atomic E-state index is 12.8. The normalized spacial score (nSPS) is 20.1. The minimum atomic E-state index is -4.37. The van der Waals surface area contributed by atoms with Crippen molar-refractivity contribution in [2.45, 2.75) is 44.3 Å². The second kappa shape index (κ2) is 6.97. The fraction of sp³-hybridized carbons (Fsp3) is 0.867. The Labute approximate surface area is 134 Å². The second-order valence-electron chi connectivity index (χ2n) is 6.60. The monoisotopic (exact) mass is 335 g/mol. The molecular weight excluding hydrogens is 311 g/mol. The number of hydrogen-bond donors (Lipinski definition) is 0. The van der Waals surface area contributed by atoms with E-state index < -0.39 is 24.5 Å². The lowest BCUT2D eigenvalue weighted by Gasteiger charge is -2.41. The topological polar surface area (TPSA) is 43.9 Å². The third-order valence-corrected chi connectivity index (χ3v) is 4.65. The first kappa shape index (κ1) is 17.9. The van der Waals surface area contributed by atoms with Gasteiger partial charge in [0, 0.05) is 39.1 Å². The Morgan fingerprint density at radius 1 is 1.09 bits per heavy atom. The molecule has 1 aliphatic heterocycles. The molecule has 132 valence electrons. The number of hydrogen-bond acceptors (Lipinski definition) is 2. The van der Waals surface area contributed by atoms with E-state index >= 15 is 0 Å². The predicted molar refractivity (Wildman–Crippen MR) is 78.8 cm³/mol. The van der Waals surface area contributed by atoms with Gasteiger partial charge < -0.3 is 14.7 Å². The summed E-state index contributed by atoms with van der Waals surface area (Å²) in [6, 6.07) is -0.396. The molecule has 1 saturated carbocycles. The molecule has 0 N–H and O–H groups in total. The highest BCUT2D eigenvalue weighted by molar-refractivity contribution is 5.80. The fourth-order valence-corrected chi connectivity index (χ4v) is 3.11. The van der Waals surface area contributed by atoms with Crippen molar-refractivity contribution < 1.29 is 22.8 Å². The molecule has 0 unspecified atom stereocenters. The van der Waals surface area contributed by atoms with Crippen LogP contribution in [-0.2, 0) is 4.79 Å². The molecule has 2 aliphatic rings. The van der Waals surface area contributed by atoms with Gasteiger partial charge in [-0.1, -0.05) is 0 Å². The van der Waals surface area contributed by atoms with Crippen LogP contribution in [0.15, 0.2) is 0 Å². The first-order valence-electron chi connectivity index (χ1n) is 8.02. The van der Waals surface area contributed by atoms with Crippen molar-refractivity contribution in [3.8, 4) is 0 Å². The molecule has 0 bridgehead atoms. The van der Waals surface area contributed by atoms with Crippen LogP contribution in [0.3, 0.4) is 0 Å². The number of amides is 3. The van der Waals surface area contributed by atoms with Crippen LogP contribution in [0.25, 0.3) is 0 Å². The van der Waals surface area contributed by atoms with E-state index in [1.54, 1.807) is 19.0 Å². The quantitative estimate of drug-likeness (QED) is 0.794. The van der Waals surface area contributed by atoms with Crippen molar-refractivity contribution in [2.75, 3.05) is 33.7 Å². The Morgan fingerprint density at radius 3 is 2.04 bits per heavy atom. The van der Waals surface area contributed by atoms with E-state index in [4.69, 9.17) is 0 Å². The molecule has 0 aromatic carbocycles. The number of carbonyl (C=O) groups is 2. The lowest BCUT2D eigenvalue weighted by molar-refractivity contribution is -0.172. The number of rotatable bonds is 3. The summed E-state index contributed by atoms with van der Waals surface area (Å²) in [4.78, 5) is 28.5. The first-order chi connectivity index (χ1) is 10.7. The Hall–Kier alpha value is -1.47. The highest BCUT2D eigenvalue weighted by Gasteiger charge is 2.41. The minimum absolute atomic E-state index is 0.123. The summed E-state index contributed by atoms with van der Waals surface area (Å²) in [5.74, 6) is -0.812. The van der Waals surface area contributed by atoms with Gasteiger partial charge >= 0.3 is 12.2 Å². The van der Waals surface area contributed by atoms with Crippen LogP contribution < -0.4 is 0 Å². The van der Waals surface area contributed by atoms with E-state index in [0.717, 1.165) is 11.3 Å². The van der Waals surface area contributed by atoms with Gasteiger partial charge in [0.25, 0.3) is 0 Å². The van der Waals surface area contributed by atoms with Gasteiger partial charge in [0.1, 0.15) is 6.54 Å². The van der Waals surface area contributed by atoms with Crippen LogP contribution in [-0.4, -0.2) is 72.6 Å². The fourth-order valence-electron chi connectivity index (χ4n) is 3.11. The first-order valence-corrected chi connectivity index (χ1v) is 8.02. The summed E-state index contributed by atoms with van der Waals surface area (Å²) in [5, 5.41) is 0. The minimum Gasteiger partial charge on any atom is -0.331 e. The van der Waals surface area contributed by atoms with Crippen molar-refractivity contribution in [1.82, 2.24) is 14.7 Å². The van der Waals surface area contributed by atoms with Crippen molar-refractivity contribution in [3.05, 3.63) is 0 Å². The lowest BCUT2D eigenvalue weighted by atomic mass is 9.88. The van der Waals surface area contributed by atoms with Gasteiger partial charge in [-0.3, -0.25) is 4.79 Å². The summed E-state index contributed by atoms with van der Waals surface area (Å²) in [5.41, 5.74) is 0. The number of likely N-dealkylation sites (tertiary alicyclic amines) is 1. The molecule has 2 rings (SSSR count). The van der Waals surface area contributed by atoms with Gasteiger partial charge in [0.15, 0.2) is 0 Å². The maximum atomic E-state index is 12.8. The molecule has 2 fully saturated rings. The molecule has 0 aromatic heterocycles. The summed E-state index contributed by atoms with van der Waals surface area (Å²) in [7, 11) is 3.31. The van der Waals surface area contributed by atoms with E-state index in [0.29, 0.717) is 38.8 Å². The smallest absolute Gasteiger partial charge is 0.331 e. The average Bonchev–Trinajstić information content (AvgIpc) is 2.42. The molecule has 1 saturated heterocycles. The Morgan fingerprint density at radius 2 is 1.65 bits per heavy atom. The average molecular weight is 335 g/mol. The van der Waals surface area contributed by atoms with E-state index in [-0.39, 0.29) is 12.1 Å². The van der Waals surface area contributed by atoms with Gasteiger partial charge in [0.05, 0.1) is 0 Å². The van der Waals surface area contributed by atoms with Crippen molar-refractivity contribution in [2.24, 2.45) is 5.92 Å². The van der Waals surface area contributed by atoms with E-state index in [1.165, 1.54) is 4.90 Å². The Balaban J connectivity index is 1.95. The zero-order valence-electron chi connectivity index (χ0n) is 13.6. The molecule has 5 nitrogen and oxygen atoms in total. The Bertz CT molecular complexity index is 442. The number of piperidine rings is 1. The van der Waals surface area contributed by atoms with Crippen molar-refractivity contribution >= 4 is 11.9 Å². The zero-order valence-corrected chi connectivity index (χ0v) is 13.6. The van der Waals surface area contributed by atoms with Gasteiger partial charge in [-0.05, 0) is 32.1 Å². The molecule has 0 atom stereocenters. The van der Waals surface area contributed by atoms with Gasteiger partial charge in [0.2, 0.25) is 5.91 Å².